The lowest BCUT2D eigenvalue weighted by Crippen LogP contribution is -2.29. The number of rotatable bonds is 5. The number of phenolic OH excluding ortho intramolecular Hbond substituents is 1. The highest BCUT2D eigenvalue weighted by Crippen LogP contribution is 2.44. The third kappa shape index (κ3) is 4.85. The van der Waals surface area contributed by atoms with Gasteiger partial charge in [0.25, 0.3) is 11.7 Å². The highest BCUT2D eigenvalue weighted by molar-refractivity contribution is 6.51. The number of ether oxygens (including phenoxy) is 1. The fourth-order valence-corrected chi connectivity index (χ4v) is 5.51. The summed E-state index contributed by atoms with van der Waals surface area (Å²) in [7, 11) is 1.59. The molecule has 3 aromatic carbocycles. The summed E-state index contributed by atoms with van der Waals surface area (Å²) < 4.78 is 5.54. The highest BCUT2D eigenvalue weighted by Gasteiger charge is 2.47. The van der Waals surface area contributed by atoms with Crippen LogP contribution >= 0.6 is 0 Å². The molecule has 202 valence electrons. The lowest BCUT2D eigenvalue weighted by atomic mass is 9.84. The quantitative estimate of drug-likeness (QED) is 0.244. The lowest BCUT2D eigenvalue weighted by molar-refractivity contribution is -0.132. The number of amides is 1. The van der Waals surface area contributed by atoms with Gasteiger partial charge in [-0.2, -0.15) is 0 Å². The second-order valence-corrected chi connectivity index (χ2v) is 11.1. The van der Waals surface area contributed by atoms with Crippen molar-refractivity contribution in [3.63, 3.8) is 0 Å². The summed E-state index contributed by atoms with van der Waals surface area (Å²) in [6.07, 6.45) is 2.30. The van der Waals surface area contributed by atoms with Crippen LogP contribution in [0.2, 0.25) is 0 Å². The van der Waals surface area contributed by atoms with Gasteiger partial charge in [0, 0.05) is 35.6 Å². The Morgan fingerprint density at radius 1 is 0.923 bits per heavy atom. The fraction of sp³-hybridized carbons (Fsp3) is 0.312. The largest absolute Gasteiger partial charge is 0.508 e. The minimum absolute atomic E-state index is 0.00179. The Bertz CT molecular complexity index is 1450. The number of aliphatic hydroxyl groups excluding tert-OH is 1. The van der Waals surface area contributed by atoms with Crippen molar-refractivity contribution in [2.45, 2.75) is 45.1 Å². The van der Waals surface area contributed by atoms with Gasteiger partial charge in [-0.05, 0) is 78.4 Å². The van der Waals surface area contributed by atoms with Crippen molar-refractivity contribution in [1.29, 1.82) is 0 Å². The minimum atomic E-state index is -0.921. The molecule has 5 rings (SSSR count). The molecule has 2 aliphatic heterocycles. The third-order valence-electron chi connectivity index (χ3n) is 7.51. The summed E-state index contributed by atoms with van der Waals surface area (Å²) in [5, 5.41) is 21.8. The van der Waals surface area contributed by atoms with Gasteiger partial charge < -0.3 is 19.8 Å². The fourth-order valence-electron chi connectivity index (χ4n) is 5.51. The van der Waals surface area contributed by atoms with E-state index in [4.69, 9.17) is 4.74 Å². The van der Waals surface area contributed by atoms with E-state index in [9.17, 15) is 19.8 Å². The molecule has 7 nitrogen and oxygen atoms in total. The second kappa shape index (κ2) is 10.1. The van der Waals surface area contributed by atoms with Crippen molar-refractivity contribution < 1.29 is 24.5 Å². The number of anilines is 2. The minimum Gasteiger partial charge on any atom is -0.508 e. The summed E-state index contributed by atoms with van der Waals surface area (Å²) in [5.41, 5.74) is 3.06. The summed E-state index contributed by atoms with van der Waals surface area (Å²) in [6.45, 7) is 8.08. The van der Waals surface area contributed by atoms with E-state index in [2.05, 4.69) is 4.90 Å². The third-order valence-corrected chi connectivity index (χ3v) is 7.51. The van der Waals surface area contributed by atoms with Crippen molar-refractivity contribution in [1.82, 2.24) is 0 Å². The molecule has 0 aromatic heterocycles. The first-order valence-electron chi connectivity index (χ1n) is 13.2. The zero-order valence-corrected chi connectivity index (χ0v) is 22.8. The molecule has 1 atom stereocenters. The molecule has 2 aliphatic rings. The van der Waals surface area contributed by atoms with Gasteiger partial charge in [0.1, 0.15) is 17.3 Å². The molecule has 0 aliphatic carbocycles. The zero-order valence-electron chi connectivity index (χ0n) is 22.8. The molecule has 0 spiro atoms. The molecule has 0 saturated carbocycles. The molecule has 0 radical (unpaired) electrons. The number of carbonyl (C=O) groups is 2. The van der Waals surface area contributed by atoms with Gasteiger partial charge >= 0.3 is 0 Å². The average molecular weight is 527 g/mol. The second-order valence-electron chi connectivity index (χ2n) is 11.1. The normalized spacial score (nSPS) is 19.1. The summed E-state index contributed by atoms with van der Waals surface area (Å²) in [6, 6.07) is 18.3. The Morgan fingerprint density at radius 3 is 2.21 bits per heavy atom. The number of aliphatic hydroxyl groups is 1. The molecular formula is C32H34N2O5. The van der Waals surface area contributed by atoms with Crippen molar-refractivity contribution in [2.24, 2.45) is 0 Å². The SMILES string of the molecule is COc1ccc(/C(O)=C2/C(=O)C(=O)N(c3ccc(N4CCCC4)cc3)C2c2cccc(O)c2)cc1C(C)(C)C. The number of Topliss-reactive ketones (excluding diaryl/α,β-unsaturated/α-hetero) is 1. The van der Waals surface area contributed by atoms with Gasteiger partial charge in [-0.3, -0.25) is 14.5 Å². The molecule has 7 heteroatoms. The maximum Gasteiger partial charge on any atom is 0.300 e. The van der Waals surface area contributed by atoms with E-state index in [0.29, 0.717) is 22.6 Å². The van der Waals surface area contributed by atoms with E-state index in [1.54, 1.807) is 37.4 Å². The zero-order chi connectivity index (χ0) is 27.9. The van der Waals surface area contributed by atoms with Crippen LogP contribution in [-0.4, -0.2) is 42.1 Å². The number of methoxy groups -OCH3 is 1. The predicted octanol–water partition coefficient (Wildman–Crippen LogP) is 5.92. The number of aromatic hydroxyl groups is 1. The molecule has 2 heterocycles. The van der Waals surface area contributed by atoms with Crippen LogP contribution in [0.15, 0.2) is 72.3 Å². The maximum absolute atomic E-state index is 13.5. The number of nitrogens with zero attached hydrogens (tertiary/aromatic N) is 2. The molecule has 2 saturated heterocycles. The number of ketones is 1. The molecule has 0 bridgehead atoms. The Balaban J connectivity index is 1.65. The molecule has 3 aromatic rings. The first-order valence-corrected chi connectivity index (χ1v) is 13.2. The van der Waals surface area contributed by atoms with Crippen molar-refractivity contribution in [2.75, 3.05) is 30.0 Å². The van der Waals surface area contributed by atoms with Crippen molar-refractivity contribution in [3.8, 4) is 11.5 Å². The summed E-state index contributed by atoms with van der Waals surface area (Å²) in [4.78, 5) is 30.8. The number of carbonyl (C=O) groups excluding carboxylic acids is 2. The van der Waals surface area contributed by atoms with Gasteiger partial charge in [0.15, 0.2) is 0 Å². The van der Waals surface area contributed by atoms with Crippen LogP contribution in [0.25, 0.3) is 5.76 Å². The predicted molar refractivity (Wildman–Crippen MR) is 152 cm³/mol. The molecule has 2 N–H and O–H groups in total. The van der Waals surface area contributed by atoms with Crippen molar-refractivity contribution in [3.05, 3.63) is 89.0 Å². The number of benzene rings is 3. The smallest absolute Gasteiger partial charge is 0.300 e. The van der Waals surface area contributed by atoms with Gasteiger partial charge in [-0.25, -0.2) is 0 Å². The Morgan fingerprint density at radius 2 is 1.59 bits per heavy atom. The Labute approximate surface area is 228 Å². The van der Waals surface area contributed by atoms with Crippen LogP contribution in [0.1, 0.15) is 56.3 Å². The van der Waals surface area contributed by atoms with Gasteiger partial charge in [0.2, 0.25) is 0 Å². The number of hydrogen-bond donors (Lipinski definition) is 2. The van der Waals surface area contributed by atoms with Gasteiger partial charge in [-0.15, -0.1) is 0 Å². The standard InChI is InChI=1S/C32H34N2O5/c1-32(2,3)25-19-21(10-15-26(25)39-4)29(36)27-28(20-8-7-9-24(35)18-20)34(31(38)30(27)37)23-13-11-22(12-14-23)33-16-5-6-17-33/h7-15,18-19,28,35-36H,5-6,16-17H2,1-4H3/b29-27-. The summed E-state index contributed by atoms with van der Waals surface area (Å²) in [5.74, 6) is -1.11. The maximum atomic E-state index is 13.5. The average Bonchev–Trinajstić information content (AvgIpc) is 3.55. The molecule has 39 heavy (non-hydrogen) atoms. The van der Waals surface area contributed by atoms with E-state index >= 15 is 0 Å². The first-order chi connectivity index (χ1) is 18.6. The highest BCUT2D eigenvalue weighted by atomic mass is 16.5. The topological polar surface area (TPSA) is 90.3 Å². The van der Waals surface area contributed by atoms with Gasteiger partial charge in [-0.1, -0.05) is 32.9 Å². The van der Waals surface area contributed by atoms with E-state index in [1.807, 2.05) is 45.0 Å². The first kappa shape index (κ1) is 26.4. The van der Waals surface area contributed by atoms with Crippen LogP contribution in [0.5, 0.6) is 11.5 Å². The van der Waals surface area contributed by atoms with E-state index in [0.717, 1.165) is 37.2 Å². The Hall–Kier alpha value is -4.26. The van der Waals surface area contributed by atoms with E-state index < -0.39 is 17.7 Å². The summed E-state index contributed by atoms with van der Waals surface area (Å²) >= 11 is 0. The number of hydrogen-bond acceptors (Lipinski definition) is 6. The molecule has 2 fully saturated rings. The van der Waals surface area contributed by atoms with Crippen LogP contribution in [0.4, 0.5) is 11.4 Å². The monoisotopic (exact) mass is 526 g/mol. The van der Waals surface area contributed by atoms with Gasteiger partial charge in [0.05, 0.1) is 18.7 Å². The van der Waals surface area contributed by atoms with Crippen LogP contribution in [0.3, 0.4) is 0 Å². The lowest BCUT2D eigenvalue weighted by Gasteiger charge is -2.27. The number of phenols is 1. The van der Waals surface area contributed by atoms with E-state index in [-0.39, 0.29) is 22.5 Å². The Kier molecular flexibility index (Phi) is 6.85. The van der Waals surface area contributed by atoms with Crippen LogP contribution in [0, 0.1) is 0 Å². The van der Waals surface area contributed by atoms with Crippen LogP contribution in [-0.2, 0) is 15.0 Å². The molecule has 1 amide bonds. The molecular weight excluding hydrogens is 492 g/mol. The van der Waals surface area contributed by atoms with Crippen LogP contribution < -0.4 is 14.5 Å². The van der Waals surface area contributed by atoms with Crippen molar-refractivity contribution >= 4 is 28.8 Å². The molecule has 1 unspecified atom stereocenters. The van der Waals surface area contributed by atoms with E-state index in [1.165, 1.54) is 17.0 Å².